The minimum Gasteiger partial charge on any atom is -0.401 e. The van der Waals surface area contributed by atoms with Gasteiger partial charge in [0.1, 0.15) is 60.2 Å². The second-order valence-electron chi connectivity index (χ2n) is 7.28. The second kappa shape index (κ2) is 19.1. The minimum atomic E-state index is -1.65. The van der Waals surface area contributed by atoms with Gasteiger partial charge in [-0.25, -0.2) is 0 Å². The molecule has 19 heteroatoms. The van der Waals surface area contributed by atoms with E-state index >= 15 is 0 Å². The first kappa shape index (κ1) is 36.1. The molecule has 8 unspecified atom stereocenters. The Morgan fingerprint density at radius 2 is 1.47 bits per heavy atom. The molecule has 1 rings (SSSR count). The monoisotopic (exact) mass is 534 g/mol. The molecule has 12 atom stereocenters. The molecule has 212 valence electrons. The number of ether oxygens (including phenoxy) is 1. The molecule has 1 heterocycles. The van der Waals surface area contributed by atoms with Gasteiger partial charge in [-0.05, 0) is 12.5 Å². The Hall–Kier alpha value is -2.07. The van der Waals surface area contributed by atoms with Gasteiger partial charge < -0.3 is 81.1 Å². The fourth-order valence-corrected chi connectivity index (χ4v) is 2.25. The van der Waals surface area contributed by atoms with Gasteiger partial charge >= 0.3 is 0 Å². The predicted molar refractivity (Wildman–Crippen MR) is 113 cm³/mol. The number of nitrogens with zero attached hydrogens (tertiary/aromatic N) is 3. The molecule has 1 fully saturated rings. The van der Waals surface area contributed by atoms with Crippen LogP contribution < -0.4 is 5.73 Å². The summed E-state index contributed by atoms with van der Waals surface area (Å²) in [6, 6.07) is -1.06. The summed E-state index contributed by atoms with van der Waals surface area (Å²) in [6.07, 6.45) is -15.4. The summed E-state index contributed by atoms with van der Waals surface area (Å²) in [5, 5.41) is 99.6. The first-order chi connectivity index (χ1) is 16.7. The molecule has 0 aromatic rings. The zero-order chi connectivity index (χ0) is 28.6. The number of hydrogen-bond donors (Lipinski definition) is 12. The second-order valence-corrected chi connectivity index (χ2v) is 7.28. The van der Waals surface area contributed by atoms with Crippen molar-refractivity contribution in [2.45, 2.75) is 80.3 Å². The lowest BCUT2D eigenvalue weighted by atomic mass is 9.98. The molecule has 0 spiro atoms. The Labute approximate surface area is 203 Å². The molecular weight excluding hydrogens is 500 g/mol. The van der Waals surface area contributed by atoms with Crippen LogP contribution in [0.15, 0.2) is 5.28 Å². The van der Waals surface area contributed by atoms with Crippen molar-refractivity contribution in [1.82, 2.24) is 0 Å². The molecule has 0 radical (unpaired) electrons. The number of nitrogens with two attached hydrogens (primary N) is 1. The topological polar surface area (TPSA) is 350 Å². The SMILES string of the molecule is CC(O)C(O)C(O)C(O)C=O.O=CC(O)C(O)C(O)CO.[N-]=[N+]=NOC1O[C@H](CO)[C@H](O)[C@H](O)[C@H]1N. The predicted octanol–water partition coefficient (Wildman–Crippen LogP) is -7.10. The van der Waals surface area contributed by atoms with E-state index in [1.54, 1.807) is 0 Å². The Morgan fingerprint density at radius 3 is 1.86 bits per heavy atom. The van der Waals surface area contributed by atoms with E-state index in [4.69, 9.17) is 62.0 Å². The van der Waals surface area contributed by atoms with E-state index in [9.17, 15) is 19.8 Å². The third-order valence-electron chi connectivity index (χ3n) is 4.52. The van der Waals surface area contributed by atoms with Gasteiger partial charge in [0, 0.05) is 4.91 Å². The summed E-state index contributed by atoms with van der Waals surface area (Å²) in [4.78, 5) is 26.4. The highest BCUT2D eigenvalue weighted by Gasteiger charge is 2.43. The van der Waals surface area contributed by atoms with Crippen molar-refractivity contribution in [2.24, 2.45) is 11.0 Å². The van der Waals surface area contributed by atoms with Crippen molar-refractivity contribution in [1.29, 1.82) is 0 Å². The number of rotatable bonds is 11. The standard InChI is InChI=1S/C6H12N4O5.C6H12O5.C5H10O5/c7-3-5(13)4(12)2(1-11)14-6(3)15-10-9-8;1-3(8)5(10)6(11)4(9)2-7;6-1-3(8)5(10)4(9)2-7/h2-6,11-13H,1,7H2;2-6,8-11H,1H3;1,3-5,7-10H,2H2/t2-,3-,4+,5-,6?;;/m1../s1. The van der Waals surface area contributed by atoms with Crippen molar-refractivity contribution in [2.75, 3.05) is 13.2 Å². The van der Waals surface area contributed by atoms with Crippen LogP contribution in [-0.2, 0) is 19.2 Å². The number of aliphatic hydroxyl groups excluding tert-OH is 11. The zero-order valence-corrected chi connectivity index (χ0v) is 19.0. The van der Waals surface area contributed by atoms with Crippen LogP contribution in [0.5, 0.6) is 0 Å². The largest absolute Gasteiger partial charge is 0.401 e. The van der Waals surface area contributed by atoms with E-state index in [1.165, 1.54) is 6.92 Å². The summed E-state index contributed by atoms with van der Waals surface area (Å²) < 4.78 is 4.96. The average molecular weight is 534 g/mol. The molecule has 1 aliphatic heterocycles. The first-order valence-corrected chi connectivity index (χ1v) is 10.1. The lowest BCUT2D eigenvalue weighted by Gasteiger charge is -2.39. The molecular formula is C17H34N4O15. The summed E-state index contributed by atoms with van der Waals surface area (Å²) >= 11 is 0. The van der Waals surface area contributed by atoms with Crippen molar-refractivity contribution >= 4 is 12.6 Å². The molecule has 36 heavy (non-hydrogen) atoms. The molecule has 0 saturated carbocycles. The van der Waals surface area contributed by atoms with E-state index in [-0.39, 0.29) is 12.6 Å². The van der Waals surface area contributed by atoms with Gasteiger partial charge in [0.05, 0.1) is 25.4 Å². The summed E-state index contributed by atoms with van der Waals surface area (Å²) in [5.41, 5.74) is 13.4. The van der Waals surface area contributed by atoms with Crippen LogP contribution in [0, 0.1) is 0 Å². The molecule has 0 aromatic heterocycles. The molecule has 0 amide bonds. The van der Waals surface area contributed by atoms with E-state index in [1.807, 2.05) is 0 Å². The number of aliphatic hydroxyl groups is 11. The fourth-order valence-electron chi connectivity index (χ4n) is 2.25. The maximum atomic E-state index is 9.87. The van der Waals surface area contributed by atoms with Gasteiger partial charge in [-0.2, -0.15) is 0 Å². The molecule has 0 bridgehead atoms. The normalized spacial score (nSPS) is 29.1. The van der Waals surface area contributed by atoms with Crippen LogP contribution in [0.2, 0.25) is 0 Å². The first-order valence-electron chi connectivity index (χ1n) is 10.1. The van der Waals surface area contributed by atoms with Crippen LogP contribution in [-0.4, -0.2) is 155 Å². The van der Waals surface area contributed by atoms with Crippen LogP contribution in [0.3, 0.4) is 0 Å². The maximum Gasteiger partial charge on any atom is 0.226 e. The number of aldehydes is 2. The highest BCUT2D eigenvalue weighted by molar-refractivity contribution is 5.57. The summed E-state index contributed by atoms with van der Waals surface area (Å²) in [7, 11) is 0. The third kappa shape index (κ3) is 12.3. The zero-order valence-electron chi connectivity index (χ0n) is 19.0. The van der Waals surface area contributed by atoms with Crippen molar-refractivity contribution < 1.29 is 75.3 Å². The van der Waals surface area contributed by atoms with Crippen molar-refractivity contribution in [3.63, 3.8) is 0 Å². The van der Waals surface area contributed by atoms with Crippen LogP contribution in [0.1, 0.15) is 6.92 Å². The number of azide groups is 1. The minimum absolute atomic E-state index is 0.0869. The number of carbonyl (C=O) groups excluding carboxylic acids is 2. The van der Waals surface area contributed by atoms with Crippen molar-refractivity contribution in [3.05, 3.63) is 10.4 Å². The lowest BCUT2D eigenvalue weighted by Crippen LogP contribution is -2.62. The fraction of sp³-hybridized carbons (Fsp3) is 0.882. The molecule has 0 aromatic carbocycles. The van der Waals surface area contributed by atoms with E-state index in [0.717, 1.165) is 0 Å². The Balaban J connectivity index is 0. The van der Waals surface area contributed by atoms with E-state index < -0.39 is 86.6 Å². The summed E-state index contributed by atoms with van der Waals surface area (Å²) in [5.74, 6) is 0. The quantitative estimate of drug-likeness (QED) is 0.0385. The van der Waals surface area contributed by atoms with Crippen molar-refractivity contribution in [3.8, 4) is 0 Å². The Morgan fingerprint density at radius 1 is 0.972 bits per heavy atom. The van der Waals surface area contributed by atoms with Gasteiger partial charge in [-0.1, -0.05) is 0 Å². The van der Waals surface area contributed by atoms with Gasteiger partial charge in [0.15, 0.2) is 12.6 Å². The van der Waals surface area contributed by atoms with Gasteiger partial charge in [-0.15, -0.1) is 0 Å². The van der Waals surface area contributed by atoms with Crippen LogP contribution >= 0.6 is 0 Å². The Bertz CT molecular complexity index is 654. The molecule has 1 saturated heterocycles. The molecule has 19 nitrogen and oxygen atoms in total. The van der Waals surface area contributed by atoms with Crippen LogP contribution in [0.25, 0.3) is 10.4 Å². The number of hydrogen-bond acceptors (Lipinski definition) is 17. The maximum absolute atomic E-state index is 9.87. The smallest absolute Gasteiger partial charge is 0.226 e. The van der Waals surface area contributed by atoms with Gasteiger partial charge in [0.25, 0.3) is 0 Å². The molecule has 0 aliphatic carbocycles. The third-order valence-corrected chi connectivity index (χ3v) is 4.52. The number of carbonyl (C=O) groups is 2. The van der Waals surface area contributed by atoms with E-state index in [2.05, 4.69) is 15.0 Å². The Kier molecular flexibility index (Phi) is 19.1. The van der Waals surface area contributed by atoms with Gasteiger partial charge in [0.2, 0.25) is 6.29 Å². The average Bonchev–Trinajstić information content (AvgIpc) is 2.89. The highest BCUT2D eigenvalue weighted by Crippen LogP contribution is 2.20. The van der Waals surface area contributed by atoms with E-state index in [0.29, 0.717) is 0 Å². The van der Waals surface area contributed by atoms with Crippen LogP contribution in [0.4, 0.5) is 0 Å². The molecule has 13 N–H and O–H groups in total. The van der Waals surface area contributed by atoms with Gasteiger partial charge in [-0.3, -0.25) is 0 Å². The molecule has 1 aliphatic rings. The summed E-state index contributed by atoms with van der Waals surface area (Å²) in [6.45, 7) is 0.0402. The highest BCUT2D eigenvalue weighted by atomic mass is 16.8. The lowest BCUT2D eigenvalue weighted by molar-refractivity contribution is -0.266.